The molecule has 0 saturated carbocycles. The normalized spacial score (nSPS) is 11.2. The Labute approximate surface area is 113 Å². The Morgan fingerprint density at radius 1 is 1.20 bits per heavy atom. The molecule has 0 aliphatic rings. The van der Waals surface area contributed by atoms with Crippen LogP contribution in [0.3, 0.4) is 0 Å². The lowest BCUT2D eigenvalue weighted by atomic mass is 10.2. The fourth-order valence-corrected chi connectivity index (χ4v) is 1.63. The summed E-state index contributed by atoms with van der Waals surface area (Å²) in [5.41, 5.74) is 5.09. The molecule has 2 rings (SSSR count). The van der Waals surface area contributed by atoms with Crippen LogP contribution < -0.4 is 15.8 Å². The van der Waals surface area contributed by atoms with E-state index in [9.17, 15) is 13.2 Å². The van der Waals surface area contributed by atoms with Gasteiger partial charge in [-0.3, -0.25) is 0 Å². The van der Waals surface area contributed by atoms with Gasteiger partial charge in [0.05, 0.1) is 12.7 Å². The number of nitrogens with one attached hydrogen (secondary N) is 1. The van der Waals surface area contributed by atoms with E-state index in [1.165, 1.54) is 7.11 Å². The molecule has 7 heteroatoms. The highest BCUT2D eigenvalue weighted by molar-refractivity contribution is 5.60. The lowest BCUT2D eigenvalue weighted by Gasteiger charge is -2.11. The van der Waals surface area contributed by atoms with E-state index in [0.717, 1.165) is 12.1 Å². The minimum atomic E-state index is -4.47. The fraction of sp³-hybridized carbons (Fsp3) is 0.154. The summed E-state index contributed by atoms with van der Waals surface area (Å²) in [6, 6.07) is 8.43. The van der Waals surface area contributed by atoms with Gasteiger partial charge in [-0.1, -0.05) is 6.07 Å². The highest BCUT2D eigenvalue weighted by Crippen LogP contribution is 2.32. The van der Waals surface area contributed by atoms with Crippen molar-refractivity contribution >= 4 is 17.3 Å². The molecule has 0 atom stereocenters. The molecule has 0 amide bonds. The Morgan fingerprint density at radius 3 is 2.60 bits per heavy atom. The van der Waals surface area contributed by atoms with Crippen LogP contribution in [0, 0.1) is 0 Å². The maximum Gasteiger partial charge on any atom is 0.416 e. The van der Waals surface area contributed by atoms with Crippen LogP contribution in [0.5, 0.6) is 5.75 Å². The number of aromatic nitrogens is 1. The maximum atomic E-state index is 12.7. The Morgan fingerprint density at radius 2 is 1.95 bits per heavy atom. The first-order chi connectivity index (χ1) is 9.38. The van der Waals surface area contributed by atoms with Crippen LogP contribution in [0.15, 0.2) is 36.4 Å². The predicted molar refractivity (Wildman–Crippen MR) is 69.9 cm³/mol. The average Bonchev–Trinajstić information content (AvgIpc) is 2.37. The van der Waals surface area contributed by atoms with Gasteiger partial charge in [-0.25, -0.2) is 4.98 Å². The highest BCUT2D eigenvalue weighted by Gasteiger charge is 2.31. The summed E-state index contributed by atoms with van der Waals surface area (Å²) in [5.74, 6) is 0.394. The van der Waals surface area contributed by atoms with Crippen LogP contribution >= 0.6 is 0 Å². The van der Waals surface area contributed by atoms with Crippen molar-refractivity contribution in [3.05, 3.63) is 42.0 Å². The van der Waals surface area contributed by atoms with Crippen molar-refractivity contribution in [1.29, 1.82) is 0 Å². The van der Waals surface area contributed by atoms with Crippen LogP contribution in [0.4, 0.5) is 30.5 Å². The molecule has 0 spiro atoms. The van der Waals surface area contributed by atoms with Crippen LogP contribution in [0.1, 0.15) is 5.56 Å². The standard InChI is InChI=1S/C13H12F3N3O/c1-20-10-4-2-3-9(7-10)18-12-6-8(13(14,15)16)5-11(17)19-12/h2-7H,1H3,(H3,17,18,19). The first-order valence-electron chi connectivity index (χ1n) is 5.64. The maximum absolute atomic E-state index is 12.7. The Kier molecular flexibility index (Phi) is 3.69. The second-order valence-electron chi connectivity index (χ2n) is 4.02. The molecule has 1 aromatic heterocycles. The number of alkyl halides is 3. The number of nitrogens with two attached hydrogens (primary N) is 1. The minimum Gasteiger partial charge on any atom is -0.497 e. The summed E-state index contributed by atoms with van der Waals surface area (Å²) in [6.07, 6.45) is -4.47. The van der Waals surface area contributed by atoms with Crippen molar-refractivity contribution in [2.24, 2.45) is 0 Å². The zero-order valence-corrected chi connectivity index (χ0v) is 10.5. The van der Waals surface area contributed by atoms with Gasteiger partial charge in [0.2, 0.25) is 0 Å². The van der Waals surface area contributed by atoms with Crippen LogP contribution in [0.2, 0.25) is 0 Å². The third kappa shape index (κ3) is 3.31. The van der Waals surface area contributed by atoms with E-state index in [-0.39, 0.29) is 11.6 Å². The Hall–Kier alpha value is -2.44. The van der Waals surface area contributed by atoms with Crippen molar-refractivity contribution in [2.45, 2.75) is 6.18 Å². The second kappa shape index (κ2) is 5.28. The number of nitrogens with zero attached hydrogens (tertiary/aromatic N) is 1. The van der Waals surface area contributed by atoms with Gasteiger partial charge in [0.25, 0.3) is 0 Å². The zero-order chi connectivity index (χ0) is 14.8. The number of anilines is 3. The topological polar surface area (TPSA) is 60.2 Å². The lowest BCUT2D eigenvalue weighted by Crippen LogP contribution is -2.08. The lowest BCUT2D eigenvalue weighted by molar-refractivity contribution is -0.137. The van der Waals surface area contributed by atoms with Gasteiger partial charge in [0.15, 0.2) is 0 Å². The van der Waals surface area contributed by atoms with E-state index in [1.54, 1.807) is 24.3 Å². The molecular weight excluding hydrogens is 271 g/mol. The van der Waals surface area contributed by atoms with E-state index < -0.39 is 11.7 Å². The molecule has 0 unspecified atom stereocenters. The SMILES string of the molecule is COc1cccc(Nc2cc(C(F)(F)F)cc(N)n2)c1. The molecule has 106 valence electrons. The minimum absolute atomic E-state index is 0.0191. The number of hydrogen-bond donors (Lipinski definition) is 2. The van der Waals surface area contributed by atoms with Gasteiger partial charge in [0.1, 0.15) is 17.4 Å². The number of nitrogen functional groups attached to an aromatic ring is 1. The number of benzene rings is 1. The molecular formula is C13H12F3N3O. The number of hydrogen-bond acceptors (Lipinski definition) is 4. The summed E-state index contributed by atoms with van der Waals surface area (Å²) in [5, 5.41) is 2.76. The molecule has 20 heavy (non-hydrogen) atoms. The van der Waals surface area contributed by atoms with Gasteiger partial charge < -0.3 is 15.8 Å². The molecule has 0 bridgehead atoms. The number of rotatable bonds is 3. The van der Waals surface area contributed by atoms with Gasteiger partial charge >= 0.3 is 6.18 Å². The number of halogens is 3. The molecule has 2 aromatic rings. The third-order valence-electron chi connectivity index (χ3n) is 2.51. The van der Waals surface area contributed by atoms with E-state index in [0.29, 0.717) is 11.4 Å². The van der Waals surface area contributed by atoms with Crippen LogP contribution in [-0.4, -0.2) is 12.1 Å². The number of ether oxygens (including phenoxy) is 1. The molecule has 1 aromatic carbocycles. The molecule has 0 aliphatic carbocycles. The van der Waals surface area contributed by atoms with Crippen molar-refractivity contribution < 1.29 is 17.9 Å². The summed E-state index contributed by atoms with van der Waals surface area (Å²) in [7, 11) is 1.50. The quantitative estimate of drug-likeness (QED) is 0.906. The second-order valence-corrected chi connectivity index (χ2v) is 4.02. The summed E-state index contributed by atoms with van der Waals surface area (Å²) in [6.45, 7) is 0. The molecule has 0 aliphatic heterocycles. The van der Waals surface area contributed by atoms with Crippen molar-refractivity contribution in [3.63, 3.8) is 0 Å². The Bertz CT molecular complexity index is 614. The predicted octanol–water partition coefficient (Wildman–Crippen LogP) is 3.43. The Balaban J connectivity index is 2.31. The molecule has 0 saturated heterocycles. The van der Waals surface area contributed by atoms with E-state index in [2.05, 4.69) is 10.3 Å². The van der Waals surface area contributed by atoms with Crippen LogP contribution in [0.25, 0.3) is 0 Å². The zero-order valence-electron chi connectivity index (χ0n) is 10.5. The van der Waals surface area contributed by atoms with E-state index >= 15 is 0 Å². The van der Waals surface area contributed by atoms with E-state index in [1.807, 2.05) is 0 Å². The first-order valence-corrected chi connectivity index (χ1v) is 5.64. The summed E-state index contributed by atoms with van der Waals surface area (Å²) >= 11 is 0. The summed E-state index contributed by atoms with van der Waals surface area (Å²) < 4.78 is 43.1. The van der Waals surface area contributed by atoms with Crippen molar-refractivity contribution in [1.82, 2.24) is 4.98 Å². The summed E-state index contributed by atoms with van der Waals surface area (Å²) in [4.78, 5) is 3.82. The molecule has 1 heterocycles. The van der Waals surface area contributed by atoms with Crippen molar-refractivity contribution in [3.8, 4) is 5.75 Å². The molecule has 0 radical (unpaired) electrons. The first kappa shape index (κ1) is 14.0. The van der Waals surface area contributed by atoms with Gasteiger partial charge in [-0.05, 0) is 24.3 Å². The number of methoxy groups -OCH3 is 1. The molecule has 3 N–H and O–H groups in total. The highest BCUT2D eigenvalue weighted by atomic mass is 19.4. The monoisotopic (exact) mass is 283 g/mol. The van der Waals surface area contributed by atoms with Gasteiger partial charge in [-0.2, -0.15) is 13.2 Å². The van der Waals surface area contributed by atoms with Crippen molar-refractivity contribution in [2.75, 3.05) is 18.2 Å². The van der Waals surface area contributed by atoms with E-state index in [4.69, 9.17) is 10.5 Å². The fourth-order valence-electron chi connectivity index (χ4n) is 1.63. The average molecular weight is 283 g/mol. The third-order valence-corrected chi connectivity index (χ3v) is 2.51. The van der Waals surface area contributed by atoms with Gasteiger partial charge in [-0.15, -0.1) is 0 Å². The van der Waals surface area contributed by atoms with Crippen LogP contribution in [-0.2, 0) is 6.18 Å². The largest absolute Gasteiger partial charge is 0.497 e. The molecule has 0 fully saturated rings. The van der Waals surface area contributed by atoms with Gasteiger partial charge in [0, 0.05) is 11.8 Å². The molecule has 4 nitrogen and oxygen atoms in total. The smallest absolute Gasteiger partial charge is 0.416 e. The number of pyridine rings is 1.